The second-order valence-electron chi connectivity index (χ2n) is 7.26. The molecule has 3 heterocycles. The number of carbonyl (C=O) groups is 1. The fraction of sp³-hybridized carbons (Fsp3) is 0.500. The maximum Gasteiger partial charge on any atom is 0.220 e. The van der Waals surface area contributed by atoms with Gasteiger partial charge < -0.3 is 10.2 Å². The lowest BCUT2D eigenvalue weighted by atomic mass is 9.89. The molecule has 1 atom stereocenters. The minimum absolute atomic E-state index is 0.116. The van der Waals surface area contributed by atoms with E-state index in [0.717, 1.165) is 59.5 Å². The van der Waals surface area contributed by atoms with Crippen molar-refractivity contribution in [3.8, 4) is 0 Å². The summed E-state index contributed by atoms with van der Waals surface area (Å²) in [6, 6.07) is 0.116. The lowest BCUT2D eigenvalue weighted by Crippen LogP contribution is -2.40. The topological polar surface area (TPSA) is 50.2 Å². The second-order valence-corrected chi connectivity index (χ2v) is 8.12. The van der Waals surface area contributed by atoms with E-state index in [9.17, 15) is 4.79 Å². The molecule has 1 aromatic rings. The Hall–Kier alpha value is -1.82. The van der Waals surface area contributed by atoms with Crippen LogP contribution in [0.2, 0.25) is 0 Å². The number of amides is 1. The molecule has 2 fully saturated rings. The molecule has 2 aliphatic rings. The van der Waals surface area contributed by atoms with Gasteiger partial charge in [-0.15, -0.1) is 0 Å². The van der Waals surface area contributed by atoms with E-state index in [0.29, 0.717) is 12.3 Å². The largest absolute Gasteiger partial charge is 0.374 e. The van der Waals surface area contributed by atoms with Crippen LogP contribution in [0.25, 0.3) is 5.70 Å². The van der Waals surface area contributed by atoms with Crippen molar-refractivity contribution in [1.29, 1.82) is 0 Å². The van der Waals surface area contributed by atoms with Gasteiger partial charge in [0.1, 0.15) is 0 Å². The summed E-state index contributed by atoms with van der Waals surface area (Å²) in [7, 11) is 0. The Morgan fingerprint density at radius 3 is 2.58 bits per heavy atom. The standard InChI is InChI=1S/C20H27BrN4O/c1-13(11-14(2)25-15(3)18(21)12-22-25)17-7-9-24(10-8-17)16(4)19-5-6-20(26)23-19/h11-12,17,19H,1,4-10H2,2-3H3,(H,23,26)/b14-11-. The minimum Gasteiger partial charge on any atom is -0.374 e. The van der Waals surface area contributed by atoms with Gasteiger partial charge in [-0.25, -0.2) is 4.68 Å². The maximum absolute atomic E-state index is 11.4. The van der Waals surface area contributed by atoms with Gasteiger partial charge in [-0.1, -0.05) is 18.7 Å². The van der Waals surface area contributed by atoms with Gasteiger partial charge >= 0.3 is 0 Å². The summed E-state index contributed by atoms with van der Waals surface area (Å²) in [5.41, 5.74) is 4.39. The van der Waals surface area contributed by atoms with E-state index in [1.807, 2.05) is 17.8 Å². The molecule has 3 rings (SSSR count). The number of piperidine rings is 1. The summed E-state index contributed by atoms with van der Waals surface area (Å²) in [4.78, 5) is 13.8. The summed E-state index contributed by atoms with van der Waals surface area (Å²) in [5, 5.41) is 7.42. The summed E-state index contributed by atoms with van der Waals surface area (Å²) in [6.07, 6.45) is 7.57. The van der Waals surface area contributed by atoms with Gasteiger partial charge in [0.25, 0.3) is 0 Å². The highest BCUT2D eigenvalue weighted by Crippen LogP contribution is 2.29. The van der Waals surface area contributed by atoms with E-state index in [4.69, 9.17) is 0 Å². The van der Waals surface area contributed by atoms with Crippen LogP contribution in [-0.2, 0) is 4.79 Å². The van der Waals surface area contributed by atoms with Crippen molar-refractivity contribution < 1.29 is 4.79 Å². The van der Waals surface area contributed by atoms with Crippen molar-refractivity contribution in [3.05, 3.63) is 46.9 Å². The summed E-state index contributed by atoms with van der Waals surface area (Å²) in [5.74, 6) is 0.618. The van der Waals surface area contributed by atoms with E-state index in [1.165, 1.54) is 0 Å². The van der Waals surface area contributed by atoms with E-state index < -0.39 is 0 Å². The molecule has 1 aromatic heterocycles. The van der Waals surface area contributed by atoms with Gasteiger partial charge in [0.2, 0.25) is 5.91 Å². The van der Waals surface area contributed by atoms with Crippen LogP contribution in [0.5, 0.6) is 0 Å². The molecule has 0 aromatic carbocycles. The summed E-state index contributed by atoms with van der Waals surface area (Å²) in [6.45, 7) is 14.6. The number of allylic oxidation sites excluding steroid dienone is 3. The third-order valence-corrected chi connectivity index (χ3v) is 6.28. The third kappa shape index (κ3) is 3.95. The SMILES string of the molecule is C=C(/C=C(/C)n1ncc(Br)c1C)C1CCN(C(=C)C2CCC(=O)N2)CC1. The van der Waals surface area contributed by atoms with Crippen LogP contribution in [0.4, 0.5) is 0 Å². The van der Waals surface area contributed by atoms with Crippen molar-refractivity contribution in [1.82, 2.24) is 20.0 Å². The molecule has 2 saturated heterocycles. The molecule has 0 radical (unpaired) electrons. The molecular weight excluding hydrogens is 392 g/mol. The molecule has 0 saturated carbocycles. The molecule has 140 valence electrons. The zero-order valence-corrected chi connectivity index (χ0v) is 17.2. The number of nitrogens with one attached hydrogen (secondary N) is 1. The molecule has 1 amide bonds. The number of nitrogens with zero attached hydrogens (tertiary/aromatic N) is 3. The van der Waals surface area contributed by atoms with E-state index in [-0.39, 0.29) is 11.9 Å². The molecule has 0 spiro atoms. The lowest BCUT2D eigenvalue weighted by Gasteiger charge is -2.37. The quantitative estimate of drug-likeness (QED) is 0.738. The highest BCUT2D eigenvalue weighted by molar-refractivity contribution is 9.10. The van der Waals surface area contributed by atoms with Crippen LogP contribution < -0.4 is 5.32 Å². The van der Waals surface area contributed by atoms with Crippen LogP contribution in [-0.4, -0.2) is 39.7 Å². The summed E-state index contributed by atoms with van der Waals surface area (Å²) >= 11 is 3.51. The first-order valence-electron chi connectivity index (χ1n) is 9.17. The molecule has 5 nitrogen and oxygen atoms in total. The fourth-order valence-corrected chi connectivity index (χ4v) is 4.07. The van der Waals surface area contributed by atoms with Gasteiger partial charge in [0.05, 0.1) is 22.4 Å². The Morgan fingerprint density at radius 2 is 2.04 bits per heavy atom. The van der Waals surface area contributed by atoms with Crippen molar-refractivity contribution >= 4 is 27.5 Å². The van der Waals surface area contributed by atoms with Crippen molar-refractivity contribution in [2.75, 3.05) is 13.1 Å². The molecular formula is C20H27BrN4O. The molecule has 0 bridgehead atoms. The number of hydrogen-bond donors (Lipinski definition) is 1. The zero-order valence-electron chi connectivity index (χ0n) is 15.6. The van der Waals surface area contributed by atoms with Crippen LogP contribution in [0.1, 0.15) is 38.3 Å². The third-order valence-electron chi connectivity index (χ3n) is 5.50. The number of aromatic nitrogens is 2. The van der Waals surface area contributed by atoms with Crippen LogP contribution in [0, 0.1) is 12.8 Å². The highest BCUT2D eigenvalue weighted by Gasteiger charge is 2.29. The average molecular weight is 419 g/mol. The number of hydrogen-bond acceptors (Lipinski definition) is 3. The maximum atomic E-state index is 11.4. The first kappa shape index (κ1) is 19.0. The minimum atomic E-state index is 0.116. The van der Waals surface area contributed by atoms with Gasteiger partial charge in [-0.2, -0.15) is 5.10 Å². The average Bonchev–Trinajstić information content (AvgIpc) is 3.20. The van der Waals surface area contributed by atoms with Crippen LogP contribution >= 0.6 is 15.9 Å². The Balaban J connectivity index is 1.56. The normalized spacial score (nSPS) is 21.8. The van der Waals surface area contributed by atoms with Gasteiger partial charge in [0.15, 0.2) is 0 Å². The number of carbonyl (C=O) groups excluding carboxylic acids is 1. The molecule has 26 heavy (non-hydrogen) atoms. The Kier molecular flexibility index (Phi) is 5.70. The molecule has 6 heteroatoms. The zero-order chi connectivity index (χ0) is 18.8. The molecule has 1 unspecified atom stereocenters. The predicted molar refractivity (Wildman–Crippen MR) is 108 cm³/mol. The lowest BCUT2D eigenvalue weighted by molar-refractivity contribution is -0.119. The molecule has 2 aliphatic heterocycles. The number of halogens is 1. The number of likely N-dealkylation sites (tertiary alicyclic amines) is 1. The first-order chi connectivity index (χ1) is 12.4. The van der Waals surface area contributed by atoms with E-state index >= 15 is 0 Å². The van der Waals surface area contributed by atoms with Gasteiger partial charge in [0, 0.05) is 30.9 Å². The number of rotatable bonds is 5. The second kappa shape index (κ2) is 7.82. The summed E-state index contributed by atoms with van der Waals surface area (Å²) < 4.78 is 2.95. The fourth-order valence-electron chi connectivity index (χ4n) is 3.81. The molecule has 0 aliphatic carbocycles. The Morgan fingerprint density at radius 1 is 1.35 bits per heavy atom. The van der Waals surface area contributed by atoms with E-state index in [2.05, 4.69) is 57.4 Å². The van der Waals surface area contributed by atoms with Crippen molar-refractivity contribution in [3.63, 3.8) is 0 Å². The first-order valence-corrected chi connectivity index (χ1v) is 9.97. The van der Waals surface area contributed by atoms with Gasteiger partial charge in [-0.3, -0.25) is 4.79 Å². The van der Waals surface area contributed by atoms with Gasteiger partial charge in [-0.05, 0) is 61.0 Å². The Labute approximate surface area is 164 Å². The Bertz CT molecular complexity index is 756. The monoisotopic (exact) mass is 418 g/mol. The van der Waals surface area contributed by atoms with Crippen molar-refractivity contribution in [2.45, 2.75) is 45.6 Å². The van der Waals surface area contributed by atoms with Crippen molar-refractivity contribution in [2.24, 2.45) is 5.92 Å². The van der Waals surface area contributed by atoms with Crippen LogP contribution in [0.15, 0.2) is 41.2 Å². The predicted octanol–water partition coefficient (Wildman–Crippen LogP) is 3.88. The van der Waals surface area contributed by atoms with Crippen LogP contribution in [0.3, 0.4) is 0 Å². The molecule has 1 N–H and O–H groups in total. The smallest absolute Gasteiger partial charge is 0.220 e. The highest BCUT2D eigenvalue weighted by atomic mass is 79.9. The van der Waals surface area contributed by atoms with E-state index in [1.54, 1.807) is 0 Å².